The fourth-order valence-electron chi connectivity index (χ4n) is 1.95. The van der Waals surface area contributed by atoms with Gasteiger partial charge in [0.1, 0.15) is 9.88 Å². The van der Waals surface area contributed by atoms with Gasteiger partial charge in [-0.2, -0.15) is 0 Å². The van der Waals surface area contributed by atoms with Crippen molar-refractivity contribution >= 4 is 17.3 Å². The highest BCUT2D eigenvalue weighted by atomic mass is 32.1. The molecule has 19 heavy (non-hydrogen) atoms. The predicted octanol–water partition coefficient (Wildman–Crippen LogP) is 3.91. The largest absolute Gasteiger partial charge is 0.462 e. The summed E-state index contributed by atoms with van der Waals surface area (Å²) in [5.74, 6) is -0.284. The fourth-order valence-corrected chi connectivity index (χ4v) is 3.00. The molecule has 1 heterocycles. The van der Waals surface area contributed by atoms with E-state index in [1.54, 1.807) is 6.92 Å². The minimum atomic E-state index is -0.284. The molecule has 0 aliphatic heterocycles. The highest BCUT2D eigenvalue weighted by molar-refractivity contribution is 7.17. The van der Waals surface area contributed by atoms with E-state index in [-0.39, 0.29) is 5.97 Å². The first-order valence-corrected chi connectivity index (χ1v) is 7.06. The molecule has 2 rings (SSSR count). The number of hydrogen-bond donors (Lipinski definition) is 0. The van der Waals surface area contributed by atoms with E-state index >= 15 is 0 Å². The third kappa shape index (κ3) is 2.84. The molecule has 0 spiro atoms. The summed E-state index contributed by atoms with van der Waals surface area (Å²) in [6.07, 6.45) is 0. The first kappa shape index (κ1) is 13.7. The van der Waals surface area contributed by atoms with Crippen LogP contribution in [0.15, 0.2) is 18.2 Å². The molecule has 1 aromatic carbocycles. The highest BCUT2D eigenvalue weighted by Gasteiger charge is 2.17. The maximum Gasteiger partial charge on any atom is 0.350 e. The molecule has 100 valence electrons. The molecule has 2 aromatic rings. The Morgan fingerprint density at radius 2 is 2.05 bits per heavy atom. The van der Waals surface area contributed by atoms with Crippen LogP contribution >= 0.6 is 11.3 Å². The summed E-state index contributed by atoms with van der Waals surface area (Å²) in [7, 11) is 0. The van der Waals surface area contributed by atoms with E-state index in [0.29, 0.717) is 11.5 Å². The van der Waals surface area contributed by atoms with Gasteiger partial charge in [0, 0.05) is 5.56 Å². The van der Waals surface area contributed by atoms with E-state index in [4.69, 9.17) is 4.74 Å². The third-order valence-corrected chi connectivity index (χ3v) is 4.04. The van der Waals surface area contributed by atoms with E-state index in [1.807, 2.05) is 6.92 Å². The van der Waals surface area contributed by atoms with E-state index in [9.17, 15) is 4.79 Å². The molecule has 0 unspecified atom stereocenters. The molecule has 1 aromatic heterocycles. The molecule has 0 radical (unpaired) electrons. The first-order valence-electron chi connectivity index (χ1n) is 6.25. The zero-order valence-electron chi connectivity index (χ0n) is 11.6. The summed E-state index contributed by atoms with van der Waals surface area (Å²) < 4.78 is 5.04. The lowest BCUT2D eigenvalue weighted by molar-refractivity contribution is 0.0531. The second-order valence-corrected chi connectivity index (χ2v) is 5.47. The van der Waals surface area contributed by atoms with Crippen LogP contribution < -0.4 is 0 Å². The number of thiazole rings is 1. The van der Waals surface area contributed by atoms with Crippen molar-refractivity contribution in [1.29, 1.82) is 0 Å². The summed E-state index contributed by atoms with van der Waals surface area (Å²) in [6, 6.07) is 6.23. The molecule has 3 nitrogen and oxygen atoms in total. The molecule has 0 fully saturated rings. The number of aromatic nitrogens is 1. The molecule has 0 amide bonds. The monoisotopic (exact) mass is 275 g/mol. The van der Waals surface area contributed by atoms with Crippen LogP contribution in [0.2, 0.25) is 0 Å². The zero-order chi connectivity index (χ0) is 14.0. The summed E-state index contributed by atoms with van der Waals surface area (Å²) in [5, 5.41) is 0.873. The van der Waals surface area contributed by atoms with Gasteiger partial charge < -0.3 is 4.74 Å². The van der Waals surface area contributed by atoms with Crippen molar-refractivity contribution in [3.63, 3.8) is 0 Å². The Morgan fingerprint density at radius 1 is 1.32 bits per heavy atom. The SMILES string of the molecule is CCOC(=O)c1sc(-c2ccc(C)cc2C)nc1C. The van der Waals surface area contributed by atoms with Crippen LogP contribution in [0.4, 0.5) is 0 Å². The third-order valence-electron chi connectivity index (χ3n) is 2.87. The van der Waals surface area contributed by atoms with Crippen molar-refractivity contribution in [2.24, 2.45) is 0 Å². The Hall–Kier alpha value is -1.68. The van der Waals surface area contributed by atoms with Gasteiger partial charge in [-0.15, -0.1) is 11.3 Å². The molecule has 0 bridgehead atoms. The van der Waals surface area contributed by atoms with Crippen LogP contribution in [0.25, 0.3) is 10.6 Å². The van der Waals surface area contributed by atoms with Crippen molar-refractivity contribution in [1.82, 2.24) is 4.98 Å². The summed E-state index contributed by atoms with van der Waals surface area (Å²) in [6.45, 7) is 8.15. The van der Waals surface area contributed by atoms with Gasteiger partial charge in [-0.1, -0.05) is 23.8 Å². The Balaban J connectivity index is 2.42. The number of esters is 1. The Kier molecular flexibility index (Phi) is 4.00. The van der Waals surface area contributed by atoms with E-state index < -0.39 is 0 Å². The summed E-state index contributed by atoms with van der Waals surface area (Å²) >= 11 is 1.40. The molecular weight excluding hydrogens is 258 g/mol. The topological polar surface area (TPSA) is 39.2 Å². The van der Waals surface area contributed by atoms with Gasteiger partial charge >= 0.3 is 5.97 Å². The Labute approximate surface area is 117 Å². The molecule has 0 saturated heterocycles. The van der Waals surface area contributed by atoms with Crippen molar-refractivity contribution in [2.75, 3.05) is 6.61 Å². The second-order valence-electron chi connectivity index (χ2n) is 4.47. The molecule has 0 aliphatic rings. The average Bonchev–Trinajstić information content (AvgIpc) is 2.71. The Bertz CT molecular complexity index is 617. The van der Waals surface area contributed by atoms with E-state index in [1.165, 1.54) is 22.5 Å². The number of aryl methyl sites for hydroxylation is 3. The highest BCUT2D eigenvalue weighted by Crippen LogP contribution is 2.31. The predicted molar refractivity (Wildman–Crippen MR) is 77.7 cm³/mol. The number of carbonyl (C=O) groups is 1. The van der Waals surface area contributed by atoms with E-state index in [2.05, 4.69) is 37.0 Å². The van der Waals surface area contributed by atoms with Gasteiger partial charge in [0.2, 0.25) is 0 Å². The molecular formula is C15H17NO2S. The number of nitrogens with zero attached hydrogens (tertiary/aromatic N) is 1. The quantitative estimate of drug-likeness (QED) is 0.797. The van der Waals surface area contributed by atoms with Crippen LogP contribution in [0.1, 0.15) is 33.4 Å². The van der Waals surface area contributed by atoms with Crippen LogP contribution in [0, 0.1) is 20.8 Å². The smallest absolute Gasteiger partial charge is 0.350 e. The van der Waals surface area contributed by atoms with Crippen LogP contribution in [-0.4, -0.2) is 17.6 Å². The molecule has 0 saturated carbocycles. The maximum atomic E-state index is 11.8. The normalized spacial score (nSPS) is 10.5. The number of carbonyl (C=O) groups excluding carboxylic acids is 1. The molecule has 0 aliphatic carbocycles. The van der Waals surface area contributed by atoms with E-state index in [0.717, 1.165) is 16.3 Å². The zero-order valence-corrected chi connectivity index (χ0v) is 12.4. The standard InChI is InChI=1S/C15H17NO2S/c1-5-18-15(17)13-11(4)16-14(19-13)12-7-6-9(2)8-10(12)3/h6-8H,5H2,1-4H3. The number of ether oxygens (including phenoxy) is 1. The van der Waals surface area contributed by atoms with Gasteiger partial charge in [0.25, 0.3) is 0 Å². The lowest BCUT2D eigenvalue weighted by atomic mass is 10.1. The maximum absolute atomic E-state index is 11.8. The van der Waals surface area contributed by atoms with Crippen molar-refractivity contribution in [3.8, 4) is 10.6 Å². The average molecular weight is 275 g/mol. The number of hydrogen-bond acceptors (Lipinski definition) is 4. The van der Waals surface area contributed by atoms with Crippen molar-refractivity contribution in [3.05, 3.63) is 39.9 Å². The van der Waals surface area contributed by atoms with Gasteiger partial charge in [0.15, 0.2) is 0 Å². The first-order chi connectivity index (χ1) is 9.02. The van der Waals surface area contributed by atoms with Crippen molar-refractivity contribution in [2.45, 2.75) is 27.7 Å². The number of rotatable bonds is 3. The van der Waals surface area contributed by atoms with Gasteiger partial charge in [-0.25, -0.2) is 9.78 Å². The van der Waals surface area contributed by atoms with Crippen molar-refractivity contribution < 1.29 is 9.53 Å². The van der Waals surface area contributed by atoms with Crippen LogP contribution in [0.5, 0.6) is 0 Å². The van der Waals surface area contributed by atoms with Gasteiger partial charge in [-0.3, -0.25) is 0 Å². The molecule has 0 N–H and O–H groups in total. The molecule has 0 atom stereocenters. The van der Waals surface area contributed by atoms with Gasteiger partial charge in [0.05, 0.1) is 12.3 Å². The second kappa shape index (κ2) is 5.53. The lowest BCUT2D eigenvalue weighted by Gasteiger charge is -2.02. The van der Waals surface area contributed by atoms with Gasteiger partial charge in [-0.05, 0) is 33.3 Å². The fraction of sp³-hybridized carbons (Fsp3) is 0.333. The minimum absolute atomic E-state index is 0.284. The van der Waals surface area contributed by atoms with Crippen LogP contribution in [0.3, 0.4) is 0 Å². The minimum Gasteiger partial charge on any atom is -0.462 e. The lowest BCUT2D eigenvalue weighted by Crippen LogP contribution is -2.03. The summed E-state index contributed by atoms with van der Waals surface area (Å²) in [5.41, 5.74) is 4.21. The van der Waals surface area contributed by atoms with Crippen LogP contribution in [-0.2, 0) is 4.74 Å². The number of benzene rings is 1. The molecule has 4 heteroatoms. The Morgan fingerprint density at radius 3 is 2.68 bits per heavy atom. The summed E-state index contributed by atoms with van der Waals surface area (Å²) in [4.78, 5) is 16.9.